The zero-order valence-corrected chi connectivity index (χ0v) is 15.9. The third-order valence-electron chi connectivity index (χ3n) is 4.37. The number of ether oxygens (including phenoxy) is 2. The van der Waals surface area contributed by atoms with E-state index >= 15 is 0 Å². The van der Waals surface area contributed by atoms with Gasteiger partial charge in [0.05, 0.1) is 6.61 Å². The average Bonchev–Trinajstić information content (AvgIpc) is 2.88. The molecule has 1 aliphatic rings. The number of benzene rings is 1. The van der Waals surface area contributed by atoms with Gasteiger partial charge >= 0.3 is 0 Å². The lowest BCUT2D eigenvalue weighted by molar-refractivity contribution is 0.0953. The van der Waals surface area contributed by atoms with Crippen LogP contribution in [0.5, 0.6) is 5.75 Å². The molecule has 0 unspecified atom stereocenters. The summed E-state index contributed by atoms with van der Waals surface area (Å²) in [7, 11) is 1.64. The Morgan fingerprint density at radius 2 is 1.72 bits per heavy atom. The van der Waals surface area contributed by atoms with E-state index in [0.29, 0.717) is 31.4 Å². The fraction of sp³-hybridized carbons (Fsp3) is 0.632. The first kappa shape index (κ1) is 21.7. The number of halogens is 1. The third kappa shape index (κ3) is 8.56. The number of methoxy groups -OCH3 is 1. The first-order chi connectivity index (χ1) is 11.8. The molecule has 0 bridgehead atoms. The van der Waals surface area contributed by atoms with Crippen molar-refractivity contribution in [1.29, 1.82) is 0 Å². The highest BCUT2D eigenvalue weighted by atomic mass is 35.5. The Bertz CT molecular complexity index is 474. The molecule has 142 valence electrons. The van der Waals surface area contributed by atoms with E-state index in [1.165, 1.54) is 38.5 Å². The van der Waals surface area contributed by atoms with Gasteiger partial charge in [0.1, 0.15) is 12.4 Å². The third-order valence-corrected chi connectivity index (χ3v) is 4.37. The fourth-order valence-corrected chi connectivity index (χ4v) is 2.98. The zero-order valence-electron chi connectivity index (χ0n) is 15.1. The summed E-state index contributed by atoms with van der Waals surface area (Å²) in [6, 6.07) is 7.82. The van der Waals surface area contributed by atoms with Crippen molar-refractivity contribution in [2.24, 2.45) is 0 Å². The summed E-state index contributed by atoms with van der Waals surface area (Å²) in [4.78, 5) is 12.1. The second-order valence-corrected chi connectivity index (χ2v) is 6.26. The molecule has 25 heavy (non-hydrogen) atoms. The molecule has 1 aliphatic carbocycles. The standard InChI is InChI=1S/C19H30N2O3.ClH/c1-23-14-15-24-18-10-8-16(9-11-18)19(22)21-13-12-20-17-6-4-2-3-5-7-17;/h8-11,17,20H,2-7,12-15H2,1H3,(H,21,22);1H. The second-order valence-electron chi connectivity index (χ2n) is 6.26. The van der Waals surface area contributed by atoms with E-state index < -0.39 is 0 Å². The second kappa shape index (κ2) is 13.0. The zero-order chi connectivity index (χ0) is 17.0. The van der Waals surface area contributed by atoms with E-state index in [-0.39, 0.29) is 18.3 Å². The normalized spacial score (nSPS) is 15.1. The van der Waals surface area contributed by atoms with E-state index in [1.807, 2.05) is 12.1 Å². The Kier molecular flexibility index (Phi) is 11.3. The maximum atomic E-state index is 12.1. The van der Waals surface area contributed by atoms with E-state index in [0.717, 1.165) is 12.3 Å². The van der Waals surface area contributed by atoms with Gasteiger partial charge in [0, 0.05) is 31.8 Å². The van der Waals surface area contributed by atoms with Crippen LogP contribution in [0.25, 0.3) is 0 Å². The van der Waals surface area contributed by atoms with Crippen LogP contribution >= 0.6 is 12.4 Å². The van der Waals surface area contributed by atoms with Crippen LogP contribution < -0.4 is 15.4 Å². The minimum absolute atomic E-state index is 0. The molecule has 6 heteroatoms. The highest BCUT2D eigenvalue weighted by Crippen LogP contribution is 2.16. The average molecular weight is 371 g/mol. The van der Waals surface area contributed by atoms with Crippen LogP contribution in [0.15, 0.2) is 24.3 Å². The summed E-state index contributed by atoms with van der Waals surface area (Å²) in [5, 5.41) is 6.52. The Morgan fingerprint density at radius 1 is 1.04 bits per heavy atom. The molecular weight excluding hydrogens is 340 g/mol. The molecule has 1 fully saturated rings. The van der Waals surface area contributed by atoms with Crippen molar-refractivity contribution in [2.45, 2.75) is 44.6 Å². The van der Waals surface area contributed by atoms with Gasteiger partial charge in [-0.3, -0.25) is 4.79 Å². The number of amides is 1. The fourth-order valence-electron chi connectivity index (χ4n) is 2.98. The van der Waals surface area contributed by atoms with E-state index in [1.54, 1.807) is 19.2 Å². The molecule has 0 spiro atoms. The molecule has 1 aromatic carbocycles. The molecule has 1 saturated carbocycles. The summed E-state index contributed by atoms with van der Waals surface area (Å²) in [5.74, 6) is 0.708. The number of carbonyl (C=O) groups excluding carboxylic acids is 1. The Labute approximate surface area is 157 Å². The first-order valence-corrected chi connectivity index (χ1v) is 9.03. The maximum absolute atomic E-state index is 12.1. The van der Waals surface area contributed by atoms with Gasteiger partial charge in [-0.05, 0) is 37.1 Å². The van der Waals surface area contributed by atoms with Gasteiger partial charge in [0.15, 0.2) is 0 Å². The Hall–Kier alpha value is -1.30. The number of hydrogen-bond acceptors (Lipinski definition) is 4. The highest BCUT2D eigenvalue weighted by Gasteiger charge is 2.11. The number of nitrogens with one attached hydrogen (secondary N) is 2. The lowest BCUT2D eigenvalue weighted by atomic mass is 10.1. The van der Waals surface area contributed by atoms with Crippen LogP contribution in [0.2, 0.25) is 0 Å². The molecule has 0 saturated heterocycles. The Balaban J connectivity index is 0.00000312. The molecule has 0 aromatic heterocycles. The lowest BCUT2D eigenvalue weighted by Crippen LogP contribution is -2.36. The topological polar surface area (TPSA) is 59.6 Å². The van der Waals surface area contributed by atoms with Gasteiger partial charge in [-0.1, -0.05) is 25.7 Å². The van der Waals surface area contributed by atoms with Crippen molar-refractivity contribution in [1.82, 2.24) is 10.6 Å². The smallest absolute Gasteiger partial charge is 0.251 e. The molecule has 0 atom stereocenters. The molecule has 2 rings (SSSR count). The molecule has 0 heterocycles. The quantitative estimate of drug-likeness (QED) is 0.517. The summed E-state index contributed by atoms with van der Waals surface area (Å²) in [6.07, 6.45) is 7.89. The van der Waals surface area contributed by atoms with Crippen molar-refractivity contribution < 1.29 is 14.3 Å². The van der Waals surface area contributed by atoms with E-state index in [4.69, 9.17) is 9.47 Å². The van der Waals surface area contributed by atoms with E-state index in [9.17, 15) is 4.79 Å². The predicted octanol–water partition coefficient (Wildman–Crippen LogP) is 3.18. The molecule has 1 amide bonds. The van der Waals surface area contributed by atoms with Crippen molar-refractivity contribution in [3.63, 3.8) is 0 Å². The number of rotatable bonds is 9. The van der Waals surface area contributed by atoms with Crippen LogP contribution in [0.3, 0.4) is 0 Å². The first-order valence-electron chi connectivity index (χ1n) is 9.03. The minimum atomic E-state index is -0.0406. The molecular formula is C19H31ClN2O3. The molecule has 1 aromatic rings. The maximum Gasteiger partial charge on any atom is 0.251 e. The number of hydrogen-bond donors (Lipinski definition) is 2. The van der Waals surface area contributed by atoms with Crippen LogP contribution in [0.1, 0.15) is 48.9 Å². The van der Waals surface area contributed by atoms with Gasteiger partial charge in [-0.15, -0.1) is 12.4 Å². The molecule has 5 nitrogen and oxygen atoms in total. The molecule has 0 aliphatic heterocycles. The van der Waals surface area contributed by atoms with Crippen LogP contribution in [-0.4, -0.2) is 45.4 Å². The van der Waals surface area contributed by atoms with Crippen molar-refractivity contribution in [2.75, 3.05) is 33.4 Å². The van der Waals surface area contributed by atoms with Gasteiger partial charge in [0.2, 0.25) is 0 Å². The van der Waals surface area contributed by atoms with Gasteiger partial charge in [-0.2, -0.15) is 0 Å². The summed E-state index contributed by atoms with van der Waals surface area (Å²) in [6.45, 7) is 2.54. The van der Waals surface area contributed by atoms with Crippen LogP contribution in [0, 0.1) is 0 Å². The molecule has 2 N–H and O–H groups in total. The summed E-state index contributed by atoms with van der Waals surface area (Å²) in [5.41, 5.74) is 0.656. The van der Waals surface area contributed by atoms with Crippen molar-refractivity contribution in [3.05, 3.63) is 29.8 Å². The molecule has 0 radical (unpaired) electrons. The largest absolute Gasteiger partial charge is 0.491 e. The minimum Gasteiger partial charge on any atom is -0.491 e. The lowest BCUT2D eigenvalue weighted by Gasteiger charge is -2.16. The van der Waals surface area contributed by atoms with Crippen molar-refractivity contribution >= 4 is 18.3 Å². The number of carbonyl (C=O) groups is 1. The van der Waals surface area contributed by atoms with Crippen molar-refractivity contribution in [3.8, 4) is 5.75 Å². The Morgan fingerprint density at radius 3 is 2.36 bits per heavy atom. The highest BCUT2D eigenvalue weighted by molar-refractivity contribution is 5.94. The van der Waals surface area contributed by atoms with Gasteiger partial charge in [-0.25, -0.2) is 0 Å². The predicted molar refractivity (Wildman–Crippen MR) is 103 cm³/mol. The summed E-state index contributed by atoms with van der Waals surface area (Å²) < 4.78 is 10.4. The van der Waals surface area contributed by atoms with E-state index in [2.05, 4.69) is 10.6 Å². The van der Waals surface area contributed by atoms with Gasteiger partial charge < -0.3 is 20.1 Å². The van der Waals surface area contributed by atoms with Crippen LogP contribution in [0.4, 0.5) is 0 Å². The van der Waals surface area contributed by atoms with Gasteiger partial charge in [0.25, 0.3) is 5.91 Å². The SMILES string of the molecule is COCCOc1ccc(C(=O)NCCNC2CCCCCC2)cc1.Cl. The van der Waals surface area contributed by atoms with Crippen LogP contribution in [-0.2, 0) is 4.74 Å². The monoisotopic (exact) mass is 370 g/mol. The summed E-state index contributed by atoms with van der Waals surface area (Å²) >= 11 is 0.